The molecule has 0 saturated carbocycles. The van der Waals surface area contributed by atoms with E-state index in [0.717, 1.165) is 11.1 Å². The van der Waals surface area contributed by atoms with Gasteiger partial charge in [0.15, 0.2) is 11.5 Å². The van der Waals surface area contributed by atoms with E-state index in [-0.39, 0.29) is 5.91 Å². The first-order valence-electron chi connectivity index (χ1n) is 9.44. The van der Waals surface area contributed by atoms with Crippen LogP contribution in [0.15, 0.2) is 71.8 Å². The summed E-state index contributed by atoms with van der Waals surface area (Å²) in [5.74, 6) is 0.585. The molecule has 0 spiro atoms. The third-order valence-corrected chi connectivity index (χ3v) is 4.40. The highest BCUT2D eigenvalue weighted by Gasteiger charge is 2.10. The third kappa shape index (κ3) is 5.70. The predicted octanol–water partition coefficient (Wildman–Crippen LogP) is 4.00. The highest BCUT2D eigenvalue weighted by atomic mass is 16.5. The van der Waals surface area contributed by atoms with E-state index in [0.29, 0.717) is 28.4 Å². The molecule has 0 saturated heterocycles. The van der Waals surface area contributed by atoms with Gasteiger partial charge in [0.05, 0.1) is 26.0 Å². The summed E-state index contributed by atoms with van der Waals surface area (Å²) in [6, 6.07) is 18.7. The van der Waals surface area contributed by atoms with Crippen LogP contribution in [0, 0.1) is 6.92 Å². The lowest BCUT2D eigenvalue weighted by molar-refractivity contribution is 0.0734. The fourth-order valence-corrected chi connectivity index (χ4v) is 2.68. The maximum Gasteiger partial charge on any atom is 0.343 e. The Labute approximate surface area is 180 Å². The molecule has 0 bridgehead atoms. The zero-order chi connectivity index (χ0) is 22.2. The number of hydrogen-bond acceptors (Lipinski definition) is 6. The fourth-order valence-electron chi connectivity index (χ4n) is 2.68. The van der Waals surface area contributed by atoms with Crippen LogP contribution in [-0.2, 0) is 0 Å². The van der Waals surface area contributed by atoms with Gasteiger partial charge in [-0.2, -0.15) is 5.10 Å². The molecule has 7 heteroatoms. The molecule has 0 heterocycles. The average molecular weight is 418 g/mol. The number of esters is 1. The molecule has 0 fully saturated rings. The summed E-state index contributed by atoms with van der Waals surface area (Å²) in [4.78, 5) is 24.4. The van der Waals surface area contributed by atoms with E-state index in [2.05, 4.69) is 10.5 Å². The Morgan fingerprint density at radius 1 is 0.839 bits per heavy atom. The summed E-state index contributed by atoms with van der Waals surface area (Å²) in [5.41, 5.74) is 5.11. The van der Waals surface area contributed by atoms with Crippen LogP contribution in [0.5, 0.6) is 17.2 Å². The maximum absolute atomic E-state index is 12.3. The molecule has 0 aromatic heterocycles. The normalized spacial score (nSPS) is 10.5. The molecule has 31 heavy (non-hydrogen) atoms. The number of rotatable bonds is 7. The molecule has 0 aliphatic rings. The third-order valence-electron chi connectivity index (χ3n) is 4.40. The van der Waals surface area contributed by atoms with Crippen molar-refractivity contribution >= 4 is 18.1 Å². The van der Waals surface area contributed by atoms with Crippen LogP contribution in [0.2, 0.25) is 0 Å². The second kappa shape index (κ2) is 10.1. The van der Waals surface area contributed by atoms with Crippen LogP contribution in [0.25, 0.3) is 0 Å². The summed E-state index contributed by atoms with van der Waals surface area (Å²) < 4.78 is 15.7. The molecular weight excluding hydrogens is 396 g/mol. The van der Waals surface area contributed by atoms with E-state index in [1.54, 1.807) is 54.6 Å². The number of hydrazone groups is 1. The number of nitrogens with zero attached hydrogens (tertiary/aromatic N) is 1. The van der Waals surface area contributed by atoms with Gasteiger partial charge in [-0.05, 0) is 67.1 Å². The highest BCUT2D eigenvalue weighted by molar-refractivity contribution is 5.95. The lowest BCUT2D eigenvalue weighted by Crippen LogP contribution is -2.17. The summed E-state index contributed by atoms with van der Waals surface area (Å²) >= 11 is 0. The lowest BCUT2D eigenvalue weighted by Gasteiger charge is -2.08. The number of carbonyl (C=O) groups is 2. The number of ether oxygens (including phenoxy) is 3. The van der Waals surface area contributed by atoms with Crippen molar-refractivity contribution in [3.05, 3.63) is 89.0 Å². The standard InChI is InChI=1S/C24H22N2O5/c1-16-4-8-18(9-5-16)24(28)31-20-11-6-17(7-12-20)15-25-26-23(27)19-10-13-21(29-2)22(14-19)30-3/h4-15H,1-3H3,(H,26,27)/b25-15+. The smallest absolute Gasteiger partial charge is 0.343 e. The zero-order valence-corrected chi connectivity index (χ0v) is 17.4. The number of amides is 1. The van der Waals surface area contributed by atoms with Gasteiger partial charge in [-0.3, -0.25) is 4.79 Å². The van der Waals surface area contributed by atoms with Crippen LogP contribution in [-0.4, -0.2) is 32.3 Å². The monoisotopic (exact) mass is 418 g/mol. The molecule has 3 aromatic rings. The van der Waals surface area contributed by atoms with Crippen molar-refractivity contribution in [2.75, 3.05) is 14.2 Å². The zero-order valence-electron chi connectivity index (χ0n) is 17.4. The first-order chi connectivity index (χ1) is 15.0. The van der Waals surface area contributed by atoms with Crippen molar-refractivity contribution in [2.45, 2.75) is 6.92 Å². The van der Waals surface area contributed by atoms with Crippen molar-refractivity contribution in [3.63, 3.8) is 0 Å². The van der Waals surface area contributed by atoms with Gasteiger partial charge in [0.25, 0.3) is 5.91 Å². The van der Waals surface area contributed by atoms with Gasteiger partial charge < -0.3 is 14.2 Å². The quantitative estimate of drug-likeness (QED) is 0.271. The molecule has 1 N–H and O–H groups in total. The summed E-state index contributed by atoms with van der Waals surface area (Å²) in [6.45, 7) is 1.95. The van der Waals surface area contributed by atoms with Gasteiger partial charge in [0.2, 0.25) is 0 Å². The lowest BCUT2D eigenvalue weighted by atomic mass is 10.1. The molecule has 3 rings (SSSR count). The second-order valence-electron chi connectivity index (χ2n) is 6.59. The number of hydrogen-bond donors (Lipinski definition) is 1. The molecule has 0 atom stereocenters. The molecule has 1 amide bonds. The Balaban J connectivity index is 1.57. The molecule has 158 valence electrons. The topological polar surface area (TPSA) is 86.2 Å². The summed E-state index contributed by atoms with van der Waals surface area (Å²) in [6.07, 6.45) is 1.49. The van der Waals surface area contributed by atoms with Crippen LogP contribution in [0.4, 0.5) is 0 Å². The van der Waals surface area contributed by atoms with E-state index in [4.69, 9.17) is 14.2 Å². The summed E-state index contributed by atoms with van der Waals surface area (Å²) in [5, 5.41) is 3.96. The Morgan fingerprint density at radius 2 is 1.48 bits per heavy atom. The number of nitrogens with one attached hydrogen (secondary N) is 1. The minimum absolute atomic E-state index is 0.383. The van der Waals surface area contributed by atoms with E-state index >= 15 is 0 Å². The second-order valence-corrected chi connectivity index (χ2v) is 6.59. The number of benzene rings is 3. The molecule has 7 nitrogen and oxygen atoms in total. The van der Waals surface area contributed by atoms with Gasteiger partial charge in [-0.1, -0.05) is 17.7 Å². The van der Waals surface area contributed by atoms with E-state index in [9.17, 15) is 9.59 Å². The van der Waals surface area contributed by atoms with Crippen LogP contribution >= 0.6 is 0 Å². The Bertz CT molecular complexity index is 1090. The van der Waals surface area contributed by atoms with Gasteiger partial charge in [0, 0.05) is 5.56 Å². The van der Waals surface area contributed by atoms with Crippen molar-refractivity contribution in [2.24, 2.45) is 5.10 Å². The van der Waals surface area contributed by atoms with Gasteiger partial charge in [-0.15, -0.1) is 0 Å². The summed E-state index contributed by atoms with van der Waals surface area (Å²) in [7, 11) is 3.02. The first kappa shape index (κ1) is 21.6. The number of aryl methyl sites for hydroxylation is 1. The van der Waals surface area contributed by atoms with Crippen molar-refractivity contribution in [1.29, 1.82) is 0 Å². The van der Waals surface area contributed by atoms with Crippen LogP contribution in [0.3, 0.4) is 0 Å². The van der Waals surface area contributed by atoms with E-state index in [1.165, 1.54) is 20.4 Å². The van der Waals surface area contributed by atoms with Crippen LogP contribution < -0.4 is 19.6 Å². The SMILES string of the molecule is COc1ccc(C(=O)N/N=C/c2ccc(OC(=O)c3ccc(C)cc3)cc2)cc1OC. The van der Waals surface area contributed by atoms with Gasteiger partial charge in [-0.25, -0.2) is 10.2 Å². The van der Waals surface area contributed by atoms with Gasteiger partial charge >= 0.3 is 5.97 Å². The molecule has 0 aliphatic carbocycles. The number of carbonyl (C=O) groups excluding carboxylic acids is 2. The first-order valence-corrected chi connectivity index (χ1v) is 9.44. The highest BCUT2D eigenvalue weighted by Crippen LogP contribution is 2.27. The largest absolute Gasteiger partial charge is 0.493 e. The minimum Gasteiger partial charge on any atom is -0.493 e. The Kier molecular flexibility index (Phi) is 7.01. The molecular formula is C24H22N2O5. The van der Waals surface area contributed by atoms with Crippen molar-refractivity contribution < 1.29 is 23.8 Å². The van der Waals surface area contributed by atoms with E-state index in [1.807, 2.05) is 19.1 Å². The molecule has 0 aliphatic heterocycles. The molecule has 0 radical (unpaired) electrons. The Hall–Kier alpha value is -4.13. The van der Waals surface area contributed by atoms with E-state index < -0.39 is 5.97 Å². The molecule has 0 unspecified atom stereocenters. The Morgan fingerprint density at radius 3 is 2.13 bits per heavy atom. The predicted molar refractivity (Wildman–Crippen MR) is 117 cm³/mol. The van der Waals surface area contributed by atoms with Crippen molar-refractivity contribution in [1.82, 2.24) is 5.43 Å². The van der Waals surface area contributed by atoms with Crippen molar-refractivity contribution in [3.8, 4) is 17.2 Å². The fraction of sp³-hybridized carbons (Fsp3) is 0.125. The number of methoxy groups -OCH3 is 2. The average Bonchev–Trinajstić information content (AvgIpc) is 2.80. The minimum atomic E-state index is -0.427. The maximum atomic E-state index is 12.3. The van der Waals surface area contributed by atoms with Crippen LogP contribution in [0.1, 0.15) is 31.8 Å². The molecule has 3 aromatic carbocycles. The van der Waals surface area contributed by atoms with Gasteiger partial charge in [0.1, 0.15) is 5.75 Å².